The fraction of sp³-hybridized carbons (Fsp3) is 0.500. The van der Waals surface area contributed by atoms with E-state index in [2.05, 4.69) is 10.3 Å². The fourth-order valence-corrected chi connectivity index (χ4v) is 1.85. The van der Waals surface area contributed by atoms with Crippen LogP contribution < -0.4 is 5.32 Å². The van der Waals surface area contributed by atoms with Crippen molar-refractivity contribution in [3.63, 3.8) is 0 Å². The van der Waals surface area contributed by atoms with E-state index in [1.54, 1.807) is 6.20 Å². The van der Waals surface area contributed by atoms with Crippen LogP contribution in [0.1, 0.15) is 18.5 Å². The van der Waals surface area contributed by atoms with Gasteiger partial charge in [0.1, 0.15) is 5.60 Å². The third-order valence-electron chi connectivity index (χ3n) is 2.67. The Hall–Kier alpha value is -0.930. The molecule has 3 heteroatoms. The monoisotopic (exact) mass is 179 g/mol. The van der Waals surface area contributed by atoms with Crippen molar-refractivity contribution in [3.05, 3.63) is 30.1 Å². The first-order valence-corrected chi connectivity index (χ1v) is 4.77. The maximum Gasteiger partial charge on any atom is 0.117 e. The Balaban J connectivity index is 2.23. The van der Waals surface area contributed by atoms with Crippen molar-refractivity contribution in [3.8, 4) is 0 Å². The van der Waals surface area contributed by atoms with E-state index in [9.17, 15) is 5.11 Å². The maximum atomic E-state index is 10.3. The quantitative estimate of drug-likeness (QED) is 0.618. The lowest BCUT2D eigenvalue weighted by molar-refractivity contribution is -0.669. The van der Waals surface area contributed by atoms with E-state index < -0.39 is 5.60 Å². The zero-order valence-corrected chi connectivity index (χ0v) is 7.61. The first-order chi connectivity index (χ1) is 6.31. The van der Waals surface area contributed by atoms with Crippen molar-refractivity contribution in [2.75, 3.05) is 13.1 Å². The normalized spacial score (nSPS) is 21.3. The van der Waals surface area contributed by atoms with Crippen LogP contribution in [0.4, 0.5) is 0 Å². The molecule has 1 aliphatic heterocycles. The van der Waals surface area contributed by atoms with Crippen LogP contribution in [0.15, 0.2) is 24.4 Å². The lowest BCUT2D eigenvalue weighted by Crippen LogP contribution is -2.87. The molecule has 0 bridgehead atoms. The van der Waals surface area contributed by atoms with Crippen LogP contribution >= 0.6 is 0 Å². The highest BCUT2D eigenvalue weighted by atomic mass is 16.3. The van der Waals surface area contributed by atoms with E-state index >= 15 is 0 Å². The number of piperidine rings is 1. The maximum absolute atomic E-state index is 10.3. The van der Waals surface area contributed by atoms with Gasteiger partial charge >= 0.3 is 0 Å². The molecule has 0 radical (unpaired) electrons. The predicted molar refractivity (Wildman–Crippen MR) is 49.0 cm³/mol. The van der Waals surface area contributed by atoms with E-state index in [-0.39, 0.29) is 0 Å². The van der Waals surface area contributed by atoms with Gasteiger partial charge in [-0.25, -0.2) is 0 Å². The number of nitrogens with zero attached hydrogens (tertiary/aromatic N) is 1. The Morgan fingerprint density at radius 2 is 2.08 bits per heavy atom. The van der Waals surface area contributed by atoms with Crippen molar-refractivity contribution in [1.82, 2.24) is 4.98 Å². The number of nitrogens with two attached hydrogens (primary N) is 1. The van der Waals surface area contributed by atoms with Crippen LogP contribution in [0.2, 0.25) is 0 Å². The number of hydrogen-bond donors (Lipinski definition) is 2. The lowest BCUT2D eigenvalue weighted by atomic mass is 9.89. The molecule has 0 aliphatic carbocycles. The third-order valence-corrected chi connectivity index (χ3v) is 2.67. The Morgan fingerprint density at radius 1 is 1.31 bits per heavy atom. The summed E-state index contributed by atoms with van der Waals surface area (Å²) in [4.78, 5) is 4.21. The molecule has 13 heavy (non-hydrogen) atoms. The molecule has 1 saturated heterocycles. The molecule has 1 fully saturated rings. The second-order valence-corrected chi connectivity index (χ2v) is 3.61. The molecule has 70 valence electrons. The van der Waals surface area contributed by atoms with Crippen molar-refractivity contribution in [2.45, 2.75) is 18.4 Å². The van der Waals surface area contributed by atoms with Crippen LogP contribution in [0.5, 0.6) is 0 Å². The molecular formula is C10H15N2O+. The number of rotatable bonds is 1. The molecule has 2 heterocycles. The third kappa shape index (κ3) is 1.71. The molecule has 1 aliphatic rings. The summed E-state index contributed by atoms with van der Waals surface area (Å²) in [5.74, 6) is 0. The average Bonchev–Trinajstić information content (AvgIpc) is 2.20. The smallest absolute Gasteiger partial charge is 0.117 e. The highest BCUT2D eigenvalue weighted by Gasteiger charge is 2.33. The van der Waals surface area contributed by atoms with Gasteiger partial charge in [0.25, 0.3) is 0 Å². The second kappa shape index (κ2) is 3.44. The second-order valence-electron chi connectivity index (χ2n) is 3.61. The zero-order chi connectivity index (χ0) is 9.15. The predicted octanol–water partition coefficient (Wildman–Crippen LogP) is -0.374. The standard InChI is InChI=1S/C10H14N2O/c13-10(4-7-11-8-5-10)9-3-1-2-6-12-9/h1-3,6,11,13H,4-5,7-8H2/p+1. The topological polar surface area (TPSA) is 49.7 Å². The van der Waals surface area contributed by atoms with Crippen LogP contribution in [-0.2, 0) is 5.60 Å². The van der Waals surface area contributed by atoms with Gasteiger partial charge in [-0.15, -0.1) is 0 Å². The van der Waals surface area contributed by atoms with Crippen LogP contribution in [-0.4, -0.2) is 23.2 Å². The summed E-state index contributed by atoms with van der Waals surface area (Å²) in [5.41, 5.74) is 0.152. The van der Waals surface area contributed by atoms with E-state index in [1.165, 1.54) is 0 Å². The molecular weight excluding hydrogens is 164 g/mol. The van der Waals surface area contributed by atoms with E-state index in [4.69, 9.17) is 0 Å². The summed E-state index contributed by atoms with van der Waals surface area (Å²) >= 11 is 0. The average molecular weight is 179 g/mol. The van der Waals surface area contributed by atoms with Gasteiger partial charge in [0, 0.05) is 19.0 Å². The van der Waals surface area contributed by atoms with E-state index in [0.29, 0.717) is 0 Å². The molecule has 0 spiro atoms. The van der Waals surface area contributed by atoms with Crippen molar-refractivity contribution >= 4 is 0 Å². The van der Waals surface area contributed by atoms with Gasteiger partial charge in [-0.3, -0.25) is 4.98 Å². The summed E-state index contributed by atoms with van der Waals surface area (Å²) in [6.07, 6.45) is 3.36. The van der Waals surface area contributed by atoms with E-state index in [0.717, 1.165) is 31.6 Å². The van der Waals surface area contributed by atoms with Gasteiger partial charge in [-0.05, 0) is 12.1 Å². The molecule has 1 aromatic heterocycles. The molecule has 1 aromatic rings. The lowest BCUT2D eigenvalue weighted by Gasteiger charge is -2.29. The first kappa shape index (κ1) is 8.66. The molecule has 3 N–H and O–H groups in total. The molecule has 0 unspecified atom stereocenters. The minimum Gasteiger partial charge on any atom is -0.383 e. The Bertz CT molecular complexity index is 268. The highest BCUT2D eigenvalue weighted by molar-refractivity contribution is 5.13. The summed E-state index contributed by atoms with van der Waals surface area (Å²) in [6.45, 7) is 1.99. The summed E-state index contributed by atoms with van der Waals surface area (Å²) in [6, 6.07) is 5.71. The molecule has 3 nitrogen and oxygen atoms in total. The Labute approximate surface area is 77.8 Å². The minimum absolute atomic E-state index is 0.671. The van der Waals surface area contributed by atoms with Gasteiger partial charge in [0.05, 0.1) is 18.8 Å². The van der Waals surface area contributed by atoms with Gasteiger partial charge in [-0.1, -0.05) is 6.07 Å². The largest absolute Gasteiger partial charge is 0.383 e. The molecule has 0 aromatic carbocycles. The highest BCUT2D eigenvalue weighted by Crippen LogP contribution is 2.26. The number of hydrogen-bond acceptors (Lipinski definition) is 2. The number of quaternary nitrogens is 1. The molecule has 0 amide bonds. The fourth-order valence-electron chi connectivity index (χ4n) is 1.85. The summed E-state index contributed by atoms with van der Waals surface area (Å²) in [7, 11) is 0. The number of aromatic nitrogens is 1. The van der Waals surface area contributed by atoms with E-state index in [1.807, 2.05) is 18.2 Å². The first-order valence-electron chi connectivity index (χ1n) is 4.77. The van der Waals surface area contributed by atoms with Crippen molar-refractivity contribution < 1.29 is 10.4 Å². The zero-order valence-electron chi connectivity index (χ0n) is 7.61. The number of aliphatic hydroxyl groups is 1. The minimum atomic E-state index is -0.671. The molecule has 0 saturated carbocycles. The van der Waals surface area contributed by atoms with Crippen molar-refractivity contribution in [2.24, 2.45) is 0 Å². The van der Waals surface area contributed by atoms with Gasteiger partial charge in [0.2, 0.25) is 0 Å². The summed E-state index contributed by atoms with van der Waals surface area (Å²) < 4.78 is 0. The van der Waals surface area contributed by atoms with Crippen LogP contribution in [0, 0.1) is 0 Å². The molecule has 2 rings (SSSR count). The Morgan fingerprint density at radius 3 is 2.69 bits per heavy atom. The van der Waals surface area contributed by atoms with Crippen LogP contribution in [0.3, 0.4) is 0 Å². The Kier molecular flexibility index (Phi) is 2.29. The van der Waals surface area contributed by atoms with Gasteiger partial charge < -0.3 is 10.4 Å². The van der Waals surface area contributed by atoms with Gasteiger partial charge in [0.15, 0.2) is 0 Å². The van der Waals surface area contributed by atoms with Crippen LogP contribution in [0.25, 0.3) is 0 Å². The summed E-state index contributed by atoms with van der Waals surface area (Å²) in [5, 5.41) is 12.5. The SMILES string of the molecule is OC1(c2ccccn2)CC[NH2+]CC1. The molecule has 0 atom stereocenters. The number of pyridine rings is 1. The van der Waals surface area contributed by atoms with Crippen molar-refractivity contribution in [1.29, 1.82) is 0 Å². The van der Waals surface area contributed by atoms with Gasteiger partial charge in [-0.2, -0.15) is 0 Å².